The van der Waals surface area contributed by atoms with Crippen LogP contribution >= 0.6 is 0 Å². The maximum Gasteiger partial charge on any atom is 0.242 e. The van der Waals surface area contributed by atoms with Gasteiger partial charge in [0.25, 0.3) is 0 Å². The first-order valence-corrected chi connectivity index (χ1v) is 11.3. The average molecular weight is 427 g/mol. The van der Waals surface area contributed by atoms with Gasteiger partial charge in [-0.25, -0.2) is 0 Å². The lowest BCUT2D eigenvalue weighted by Crippen LogP contribution is -2.45. The fourth-order valence-corrected chi connectivity index (χ4v) is 3.83. The van der Waals surface area contributed by atoms with E-state index in [4.69, 9.17) is 9.15 Å². The third kappa shape index (κ3) is 7.24. The van der Waals surface area contributed by atoms with E-state index in [0.717, 1.165) is 49.4 Å². The molecule has 0 radical (unpaired) electrons. The first-order valence-electron chi connectivity index (χ1n) is 11.3. The standard InChI is InChI=1S/C25H34N2O4/c1-3-4-12-24(28)27(17-22-11-8-15-30-22)19-25(29)26(16-21-9-6-5-7-10-21)18-23-14-13-20(2)31-23/h5-7,9-10,13-14,22H,3-4,8,11-12,15-19H2,1-2H3. The minimum Gasteiger partial charge on any atom is -0.464 e. The zero-order chi connectivity index (χ0) is 22.1. The van der Waals surface area contributed by atoms with E-state index < -0.39 is 0 Å². The molecule has 2 aromatic rings. The number of amides is 2. The van der Waals surface area contributed by atoms with Crippen LogP contribution in [0.4, 0.5) is 0 Å². The number of nitrogens with zero attached hydrogens (tertiary/aromatic N) is 2. The number of ether oxygens (including phenoxy) is 1. The first kappa shape index (κ1) is 23.1. The van der Waals surface area contributed by atoms with Gasteiger partial charge in [0.2, 0.25) is 11.8 Å². The largest absolute Gasteiger partial charge is 0.464 e. The van der Waals surface area contributed by atoms with Crippen molar-refractivity contribution >= 4 is 11.8 Å². The Morgan fingerprint density at radius 1 is 1.03 bits per heavy atom. The van der Waals surface area contributed by atoms with Gasteiger partial charge in [-0.1, -0.05) is 43.7 Å². The van der Waals surface area contributed by atoms with Crippen LogP contribution < -0.4 is 0 Å². The first-order chi connectivity index (χ1) is 15.0. The molecule has 0 N–H and O–H groups in total. The van der Waals surface area contributed by atoms with Crippen molar-refractivity contribution in [1.82, 2.24) is 9.80 Å². The summed E-state index contributed by atoms with van der Waals surface area (Å²) in [6.45, 7) is 6.07. The molecule has 1 aliphatic rings. The minimum atomic E-state index is -0.0826. The number of hydrogen-bond donors (Lipinski definition) is 0. The maximum absolute atomic E-state index is 13.4. The Balaban J connectivity index is 1.73. The second-order valence-electron chi connectivity index (χ2n) is 8.26. The summed E-state index contributed by atoms with van der Waals surface area (Å²) >= 11 is 0. The molecule has 1 aromatic carbocycles. The van der Waals surface area contributed by atoms with Crippen LogP contribution in [0.25, 0.3) is 0 Å². The third-order valence-corrected chi connectivity index (χ3v) is 5.58. The fraction of sp³-hybridized carbons (Fsp3) is 0.520. The van der Waals surface area contributed by atoms with Crippen molar-refractivity contribution in [2.24, 2.45) is 0 Å². The van der Waals surface area contributed by atoms with Gasteiger partial charge in [-0.2, -0.15) is 0 Å². The quantitative estimate of drug-likeness (QED) is 0.537. The molecule has 2 amide bonds. The number of carbonyl (C=O) groups is 2. The smallest absolute Gasteiger partial charge is 0.242 e. The Kier molecular flexibility index (Phi) is 8.71. The predicted octanol–water partition coefficient (Wildman–Crippen LogP) is 4.31. The number of benzene rings is 1. The highest BCUT2D eigenvalue weighted by Gasteiger charge is 2.26. The van der Waals surface area contributed by atoms with E-state index >= 15 is 0 Å². The SMILES string of the molecule is CCCCC(=O)N(CC(=O)N(Cc1ccccc1)Cc1ccc(C)o1)CC1CCCO1. The van der Waals surface area contributed by atoms with Crippen LogP contribution in [0.15, 0.2) is 46.9 Å². The van der Waals surface area contributed by atoms with Crippen molar-refractivity contribution in [3.63, 3.8) is 0 Å². The van der Waals surface area contributed by atoms with Crippen molar-refractivity contribution in [1.29, 1.82) is 0 Å². The lowest BCUT2D eigenvalue weighted by molar-refractivity contribution is -0.142. The summed E-state index contributed by atoms with van der Waals surface area (Å²) in [5.41, 5.74) is 1.04. The normalized spacial score (nSPS) is 15.7. The number of unbranched alkanes of at least 4 members (excludes halogenated alkanes) is 1. The monoisotopic (exact) mass is 426 g/mol. The highest BCUT2D eigenvalue weighted by Crippen LogP contribution is 2.17. The summed E-state index contributed by atoms with van der Waals surface area (Å²) in [6.07, 6.45) is 4.21. The van der Waals surface area contributed by atoms with Gasteiger partial charge in [-0.15, -0.1) is 0 Å². The summed E-state index contributed by atoms with van der Waals surface area (Å²) in [6, 6.07) is 13.7. The Morgan fingerprint density at radius 2 is 1.84 bits per heavy atom. The molecule has 1 saturated heterocycles. The number of furan rings is 1. The lowest BCUT2D eigenvalue weighted by atomic mass is 10.2. The molecule has 6 heteroatoms. The summed E-state index contributed by atoms with van der Waals surface area (Å²) in [7, 11) is 0. The molecule has 168 valence electrons. The van der Waals surface area contributed by atoms with Gasteiger partial charge in [-0.3, -0.25) is 9.59 Å². The van der Waals surface area contributed by atoms with Gasteiger partial charge in [-0.05, 0) is 43.9 Å². The highest BCUT2D eigenvalue weighted by atomic mass is 16.5. The van der Waals surface area contributed by atoms with E-state index in [2.05, 4.69) is 6.92 Å². The van der Waals surface area contributed by atoms with Gasteiger partial charge in [0, 0.05) is 26.1 Å². The molecule has 0 spiro atoms. The van der Waals surface area contributed by atoms with Crippen LogP contribution in [0.2, 0.25) is 0 Å². The van der Waals surface area contributed by atoms with E-state index in [1.54, 1.807) is 9.80 Å². The second-order valence-corrected chi connectivity index (χ2v) is 8.26. The Labute approximate surface area is 185 Å². The van der Waals surface area contributed by atoms with Crippen molar-refractivity contribution in [2.75, 3.05) is 19.7 Å². The van der Waals surface area contributed by atoms with E-state index in [1.807, 2.05) is 49.4 Å². The van der Waals surface area contributed by atoms with E-state index in [1.165, 1.54) is 0 Å². The molecule has 2 heterocycles. The Morgan fingerprint density at radius 3 is 2.48 bits per heavy atom. The summed E-state index contributed by atoms with van der Waals surface area (Å²) in [4.78, 5) is 29.7. The predicted molar refractivity (Wildman–Crippen MR) is 119 cm³/mol. The number of carbonyl (C=O) groups excluding carboxylic acids is 2. The molecule has 0 aliphatic carbocycles. The zero-order valence-corrected chi connectivity index (χ0v) is 18.7. The summed E-state index contributed by atoms with van der Waals surface area (Å²) in [5, 5.41) is 0. The van der Waals surface area contributed by atoms with E-state index in [0.29, 0.717) is 26.1 Å². The topological polar surface area (TPSA) is 63.0 Å². The van der Waals surface area contributed by atoms with Gasteiger partial charge < -0.3 is 19.0 Å². The van der Waals surface area contributed by atoms with Crippen LogP contribution in [0, 0.1) is 6.92 Å². The molecule has 1 fully saturated rings. The van der Waals surface area contributed by atoms with Crippen LogP contribution in [0.5, 0.6) is 0 Å². The van der Waals surface area contributed by atoms with Crippen molar-refractivity contribution in [3.05, 3.63) is 59.5 Å². The maximum atomic E-state index is 13.4. The van der Waals surface area contributed by atoms with Crippen molar-refractivity contribution in [3.8, 4) is 0 Å². The number of rotatable bonds is 11. The minimum absolute atomic E-state index is 0.0219. The van der Waals surface area contributed by atoms with Crippen LogP contribution in [0.1, 0.15) is 56.1 Å². The fourth-order valence-electron chi connectivity index (χ4n) is 3.83. The van der Waals surface area contributed by atoms with Gasteiger partial charge in [0.05, 0.1) is 19.2 Å². The second kappa shape index (κ2) is 11.7. The van der Waals surface area contributed by atoms with E-state index in [9.17, 15) is 9.59 Å². The van der Waals surface area contributed by atoms with Gasteiger partial charge in [0.1, 0.15) is 11.5 Å². The lowest BCUT2D eigenvalue weighted by Gasteiger charge is -2.29. The van der Waals surface area contributed by atoms with Crippen LogP contribution in [0.3, 0.4) is 0 Å². The molecule has 1 aromatic heterocycles. The van der Waals surface area contributed by atoms with Gasteiger partial charge in [0.15, 0.2) is 0 Å². The van der Waals surface area contributed by atoms with Crippen molar-refractivity contribution in [2.45, 2.75) is 65.1 Å². The van der Waals surface area contributed by atoms with E-state index in [-0.39, 0.29) is 24.5 Å². The molecule has 0 saturated carbocycles. The van der Waals surface area contributed by atoms with Crippen LogP contribution in [-0.2, 0) is 27.4 Å². The molecule has 3 rings (SSSR count). The van der Waals surface area contributed by atoms with Crippen LogP contribution in [-0.4, -0.2) is 47.4 Å². The molecule has 1 unspecified atom stereocenters. The molecular weight excluding hydrogens is 392 g/mol. The number of aryl methyl sites for hydroxylation is 1. The molecule has 6 nitrogen and oxygen atoms in total. The molecule has 1 atom stereocenters. The highest BCUT2D eigenvalue weighted by molar-refractivity contribution is 5.84. The molecule has 31 heavy (non-hydrogen) atoms. The Bertz CT molecular complexity index is 827. The summed E-state index contributed by atoms with van der Waals surface area (Å²) < 4.78 is 11.5. The molecular formula is C25H34N2O4. The Hall–Kier alpha value is -2.60. The molecule has 1 aliphatic heterocycles. The molecule has 0 bridgehead atoms. The number of hydrogen-bond acceptors (Lipinski definition) is 4. The van der Waals surface area contributed by atoms with Crippen molar-refractivity contribution < 1.29 is 18.7 Å². The zero-order valence-electron chi connectivity index (χ0n) is 18.7. The average Bonchev–Trinajstić information content (AvgIpc) is 3.43. The third-order valence-electron chi connectivity index (χ3n) is 5.58. The van der Waals surface area contributed by atoms with Gasteiger partial charge >= 0.3 is 0 Å². The summed E-state index contributed by atoms with van der Waals surface area (Å²) in [5.74, 6) is 1.50.